The number of hydrogen-bond donors (Lipinski definition) is 2. The van der Waals surface area contributed by atoms with Crippen LogP contribution in [-0.4, -0.2) is 13.1 Å². The predicted molar refractivity (Wildman–Crippen MR) is 48.1 cm³/mol. The van der Waals surface area contributed by atoms with E-state index in [0.29, 0.717) is 11.8 Å². The average molecular weight is 154 g/mol. The first-order valence-electron chi connectivity index (χ1n) is 4.35. The van der Waals surface area contributed by atoms with E-state index in [4.69, 9.17) is 11.5 Å². The molecule has 1 aliphatic carbocycles. The molecule has 2 nitrogen and oxygen atoms in total. The van der Waals surface area contributed by atoms with Crippen molar-refractivity contribution in [1.29, 1.82) is 0 Å². The predicted octanol–water partition coefficient (Wildman–Crippen LogP) is 0.876. The first-order valence-corrected chi connectivity index (χ1v) is 4.35. The second-order valence-electron chi connectivity index (χ2n) is 3.47. The fraction of sp³-hybridized carbons (Fsp3) is 0.778. The average Bonchev–Trinajstić information content (AvgIpc) is 2.04. The molecule has 0 radical (unpaired) electrons. The third-order valence-electron chi connectivity index (χ3n) is 2.67. The van der Waals surface area contributed by atoms with Gasteiger partial charge in [-0.05, 0) is 44.2 Å². The molecule has 4 N–H and O–H groups in total. The van der Waals surface area contributed by atoms with Gasteiger partial charge in [0, 0.05) is 0 Å². The quantitative estimate of drug-likeness (QED) is 0.580. The summed E-state index contributed by atoms with van der Waals surface area (Å²) in [7, 11) is 0. The summed E-state index contributed by atoms with van der Waals surface area (Å²) < 4.78 is 0. The fourth-order valence-corrected chi connectivity index (χ4v) is 1.77. The Morgan fingerprint density at radius 1 is 1.27 bits per heavy atom. The van der Waals surface area contributed by atoms with Gasteiger partial charge in [0.05, 0.1) is 0 Å². The molecule has 0 saturated heterocycles. The van der Waals surface area contributed by atoms with Gasteiger partial charge in [0.2, 0.25) is 0 Å². The SMILES string of the molecule is C=C1C[C@H](CN)CC[C@@H]1CN. The van der Waals surface area contributed by atoms with E-state index in [1.165, 1.54) is 18.4 Å². The van der Waals surface area contributed by atoms with Gasteiger partial charge in [-0.25, -0.2) is 0 Å². The van der Waals surface area contributed by atoms with Gasteiger partial charge in [-0.2, -0.15) is 0 Å². The number of hydrogen-bond acceptors (Lipinski definition) is 2. The van der Waals surface area contributed by atoms with Crippen LogP contribution < -0.4 is 11.5 Å². The molecule has 64 valence electrons. The minimum absolute atomic E-state index is 0.567. The highest BCUT2D eigenvalue weighted by atomic mass is 14.6. The molecule has 1 saturated carbocycles. The van der Waals surface area contributed by atoms with E-state index in [-0.39, 0.29) is 0 Å². The van der Waals surface area contributed by atoms with Crippen LogP contribution in [0, 0.1) is 11.8 Å². The third-order valence-corrected chi connectivity index (χ3v) is 2.67. The summed E-state index contributed by atoms with van der Waals surface area (Å²) >= 11 is 0. The first kappa shape index (κ1) is 8.75. The highest BCUT2D eigenvalue weighted by molar-refractivity contribution is 5.05. The standard InChI is InChI=1S/C9H18N2/c1-7-4-8(5-10)2-3-9(7)6-11/h8-9H,1-6,10-11H2/t8-,9-/m1/s1. The topological polar surface area (TPSA) is 52.0 Å². The van der Waals surface area contributed by atoms with E-state index in [0.717, 1.165) is 19.5 Å². The Morgan fingerprint density at radius 2 is 2.00 bits per heavy atom. The molecule has 0 unspecified atom stereocenters. The highest BCUT2D eigenvalue weighted by Crippen LogP contribution is 2.30. The van der Waals surface area contributed by atoms with Gasteiger partial charge in [0.15, 0.2) is 0 Å². The van der Waals surface area contributed by atoms with Crippen LogP contribution in [0.4, 0.5) is 0 Å². The molecule has 0 amide bonds. The zero-order valence-corrected chi connectivity index (χ0v) is 7.05. The maximum Gasteiger partial charge on any atom is -0.00116 e. The van der Waals surface area contributed by atoms with E-state index in [1.807, 2.05) is 0 Å². The van der Waals surface area contributed by atoms with Crippen LogP contribution in [0.25, 0.3) is 0 Å². The normalized spacial score (nSPS) is 32.4. The fourth-order valence-electron chi connectivity index (χ4n) is 1.77. The summed E-state index contributed by atoms with van der Waals surface area (Å²) in [6, 6.07) is 0. The molecular formula is C9H18N2. The van der Waals surface area contributed by atoms with Gasteiger partial charge in [-0.1, -0.05) is 12.2 Å². The Hall–Kier alpha value is -0.340. The van der Waals surface area contributed by atoms with E-state index in [1.54, 1.807) is 0 Å². The largest absolute Gasteiger partial charge is 0.330 e. The molecule has 2 atom stereocenters. The third kappa shape index (κ3) is 2.04. The van der Waals surface area contributed by atoms with Crippen LogP contribution >= 0.6 is 0 Å². The van der Waals surface area contributed by atoms with E-state index in [2.05, 4.69) is 6.58 Å². The van der Waals surface area contributed by atoms with Crippen molar-refractivity contribution in [2.75, 3.05) is 13.1 Å². The zero-order valence-electron chi connectivity index (χ0n) is 7.05. The van der Waals surface area contributed by atoms with Crippen molar-refractivity contribution in [2.45, 2.75) is 19.3 Å². The lowest BCUT2D eigenvalue weighted by Gasteiger charge is -2.28. The van der Waals surface area contributed by atoms with Gasteiger partial charge in [0.1, 0.15) is 0 Å². The smallest absolute Gasteiger partial charge is 0.00116 e. The molecule has 0 bridgehead atoms. The lowest BCUT2D eigenvalue weighted by atomic mass is 9.79. The maximum absolute atomic E-state index is 5.59. The molecule has 0 spiro atoms. The Kier molecular flexibility index (Phi) is 3.09. The van der Waals surface area contributed by atoms with Crippen molar-refractivity contribution in [1.82, 2.24) is 0 Å². The van der Waals surface area contributed by atoms with Crippen molar-refractivity contribution in [2.24, 2.45) is 23.3 Å². The van der Waals surface area contributed by atoms with E-state index < -0.39 is 0 Å². The van der Waals surface area contributed by atoms with E-state index in [9.17, 15) is 0 Å². The minimum atomic E-state index is 0.567. The molecule has 0 aromatic carbocycles. The maximum atomic E-state index is 5.59. The molecule has 2 heteroatoms. The summed E-state index contributed by atoms with van der Waals surface area (Å²) in [6.07, 6.45) is 3.52. The van der Waals surface area contributed by atoms with Crippen LogP contribution in [0.1, 0.15) is 19.3 Å². The molecule has 0 aliphatic heterocycles. The van der Waals surface area contributed by atoms with Crippen molar-refractivity contribution in [3.63, 3.8) is 0 Å². The molecule has 0 aromatic heterocycles. The Labute approximate surface area is 68.6 Å². The molecule has 1 fully saturated rings. The molecular weight excluding hydrogens is 136 g/mol. The van der Waals surface area contributed by atoms with Crippen LogP contribution in [0.3, 0.4) is 0 Å². The highest BCUT2D eigenvalue weighted by Gasteiger charge is 2.21. The molecule has 1 rings (SSSR count). The number of rotatable bonds is 2. The Morgan fingerprint density at radius 3 is 2.45 bits per heavy atom. The molecule has 0 aromatic rings. The summed E-state index contributed by atoms with van der Waals surface area (Å²) in [6.45, 7) is 5.59. The van der Waals surface area contributed by atoms with Crippen LogP contribution in [0.15, 0.2) is 12.2 Å². The van der Waals surface area contributed by atoms with Gasteiger partial charge in [0.25, 0.3) is 0 Å². The molecule has 0 heterocycles. The summed E-state index contributed by atoms with van der Waals surface area (Å²) in [4.78, 5) is 0. The number of nitrogens with two attached hydrogens (primary N) is 2. The van der Waals surface area contributed by atoms with Crippen LogP contribution in [0.5, 0.6) is 0 Å². The Balaban J connectivity index is 2.41. The van der Waals surface area contributed by atoms with Gasteiger partial charge in [-0.15, -0.1) is 0 Å². The van der Waals surface area contributed by atoms with Crippen molar-refractivity contribution in [3.05, 3.63) is 12.2 Å². The molecule has 11 heavy (non-hydrogen) atoms. The Bertz CT molecular complexity index is 142. The zero-order chi connectivity index (χ0) is 8.27. The van der Waals surface area contributed by atoms with Crippen molar-refractivity contribution in [3.8, 4) is 0 Å². The lowest BCUT2D eigenvalue weighted by molar-refractivity contribution is 0.360. The van der Waals surface area contributed by atoms with Crippen molar-refractivity contribution >= 4 is 0 Å². The second kappa shape index (κ2) is 3.88. The van der Waals surface area contributed by atoms with Gasteiger partial charge in [-0.3, -0.25) is 0 Å². The van der Waals surface area contributed by atoms with E-state index >= 15 is 0 Å². The second-order valence-corrected chi connectivity index (χ2v) is 3.47. The van der Waals surface area contributed by atoms with Crippen molar-refractivity contribution < 1.29 is 0 Å². The van der Waals surface area contributed by atoms with Gasteiger partial charge < -0.3 is 11.5 Å². The summed E-state index contributed by atoms with van der Waals surface area (Å²) in [5, 5.41) is 0. The molecule has 1 aliphatic rings. The minimum Gasteiger partial charge on any atom is -0.330 e. The van der Waals surface area contributed by atoms with Crippen LogP contribution in [-0.2, 0) is 0 Å². The van der Waals surface area contributed by atoms with Crippen LogP contribution in [0.2, 0.25) is 0 Å². The summed E-state index contributed by atoms with van der Waals surface area (Å²) in [5.41, 5.74) is 12.5. The monoisotopic (exact) mass is 154 g/mol. The van der Waals surface area contributed by atoms with Gasteiger partial charge >= 0.3 is 0 Å². The first-order chi connectivity index (χ1) is 5.27. The lowest BCUT2D eigenvalue weighted by Crippen LogP contribution is -2.27. The summed E-state index contributed by atoms with van der Waals surface area (Å²) in [5.74, 6) is 1.24.